The van der Waals surface area contributed by atoms with Gasteiger partial charge in [0.05, 0.1) is 0 Å². The highest BCUT2D eigenvalue weighted by atomic mass is 79.9. The lowest BCUT2D eigenvalue weighted by molar-refractivity contribution is 0.0793. The van der Waals surface area contributed by atoms with Crippen LogP contribution in [0.25, 0.3) is 0 Å². The van der Waals surface area contributed by atoms with E-state index in [0.29, 0.717) is 0 Å². The molecule has 4 nitrogen and oxygen atoms in total. The second-order valence-corrected chi connectivity index (χ2v) is 7.11. The Morgan fingerprint density at radius 2 is 2.05 bits per heavy atom. The molecular weight excluding hydrogens is 330 g/mol. The number of hydrogen-bond donors (Lipinski definition) is 1. The monoisotopic (exact) mass is 355 g/mol. The number of likely N-dealkylation sites (N-methyl/N-ethyl adjacent to an activating group) is 1. The molecule has 21 heavy (non-hydrogen) atoms. The Kier molecular flexibility index (Phi) is 5.49. The molecule has 0 aromatic carbocycles. The largest absolute Gasteiger partial charge is 0.349 e. The van der Waals surface area contributed by atoms with Crippen molar-refractivity contribution in [3.05, 3.63) is 22.4 Å². The maximum Gasteiger partial charge on any atom is 0.268 e. The lowest BCUT2D eigenvalue weighted by atomic mass is 9.80. The summed E-state index contributed by atoms with van der Waals surface area (Å²) >= 11 is 3.44. The predicted octanol–water partition coefficient (Wildman–Crippen LogP) is 3.26. The summed E-state index contributed by atoms with van der Waals surface area (Å²) < 4.78 is 2.93. The first-order valence-corrected chi connectivity index (χ1v) is 8.59. The second kappa shape index (κ2) is 6.97. The van der Waals surface area contributed by atoms with Crippen LogP contribution in [0.4, 0.5) is 0 Å². The van der Waals surface area contributed by atoms with Crippen molar-refractivity contribution in [3.63, 3.8) is 0 Å². The summed E-state index contributed by atoms with van der Waals surface area (Å²) in [6.07, 6.45) is 8.11. The minimum atomic E-state index is 0.0225. The lowest BCUT2D eigenvalue weighted by Crippen LogP contribution is -2.53. The number of aryl methyl sites for hydroxylation is 1. The van der Waals surface area contributed by atoms with Gasteiger partial charge in [-0.25, -0.2) is 0 Å². The van der Waals surface area contributed by atoms with Crippen molar-refractivity contribution in [3.8, 4) is 0 Å². The molecule has 0 saturated heterocycles. The number of carbonyl (C=O) groups excluding carboxylic acids is 1. The number of carbonyl (C=O) groups is 1. The van der Waals surface area contributed by atoms with Crippen LogP contribution < -0.4 is 5.32 Å². The summed E-state index contributed by atoms with van der Waals surface area (Å²) in [6.45, 7) is 3.57. The van der Waals surface area contributed by atoms with Gasteiger partial charge in [0.25, 0.3) is 5.91 Å². The van der Waals surface area contributed by atoms with Crippen molar-refractivity contribution in [1.82, 2.24) is 14.8 Å². The average molecular weight is 356 g/mol. The molecule has 1 saturated carbocycles. The van der Waals surface area contributed by atoms with Gasteiger partial charge in [-0.3, -0.25) is 4.79 Å². The molecule has 0 bridgehead atoms. The second-order valence-electron chi connectivity index (χ2n) is 6.19. The van der Waals surface area contributed by atoms with E-state index >= 15 is 0 Å². The molecule has 1 aliphatic carbocycles. The van der Waals surface area contributed by atoms with Gasteiger partial charge in [0.15, 0.2) is 0 Å². The van der Waals surface area contributed by atoms with Gasteiger partial charge in [0, 0.05) is 29.3 Å². The van der Waals surface area contributed by atoms with Gasteiger partial charge in [-0.15, -0.1) is 0 Å². The summed E-state index contributed by atoms with van der Waals surface area (Å²) in [5.41, 5.74) is 0.850. The zero-order chi connectivity index (χ0) is 15.5. The van der Waals surface area contributed by atoms with Crippen molar-refractivity contribution < 1.29 is 4.79 Å². The van der Waals surface area contributed by atoms with Crippen molar-refractivity contribution in [2.45, 2.75) is 51.1 Å². The van der Waals surface area contributed by atoms with E-state index in [4.69, 9.17) is 0 Å². The lowest BCUT2D eigenvalue weighted by Gasteiger charge is -2.43. The molecule has 1 amide bonds. The van der Waals surface area contributed by atoms with Crippen LogP contribution in [0.15, 0.2) is 16.7 Å². The quantitative estimate of drug-likeness (QED) is 0.879. The number of rotatable bonds is 5. The fourth-order valence-corrected chi connectivity index (χ4v) is 3.72. The SMILES string of the molecule is CCn1cc(Br)cc1C(=O)NCC1(N(C)C)CCCCC1. The van der Waals surface area contributed by atoms with Gasteiger partial charge in [-0.05, 0) is 55.9 Å². The van der Waals surface area contributed by atoms with Crippen LogP contribution in [0.3, 0.4) is 0 Å². The summed E-state index contributed by atoms with van der Waals surface area (Å²) in [7, 11) is 4.26. The van der Waals surface area contributed by atoms with Crippen LogP contribution >= 0.6 is 15.9 Å². The zero-order valence-electron chi connectivity index (χ0n) is 13.3. The molecule has 0 atom stereocenters. The minimum Gasteiger partial charge on any atom is -0.349 e. The number of nitrogens with one attached hydrogen (secondary N) is 1. The van der Waals surface area contributed by atoms with E-state index in [-0.39, 0.29) is 11.4 Å². The molecule has 0 radical (unpaired) electrons. The molecule has 1 N–H and O–H groups in total. The van der Waals surface area contributed by atoms with Gasteiger partial charge in [-0.2, -0.15) is 0 Å². The summed E-state index contributed by atoms with van der Waals surface area (Å²) in [6, 6.07) is 1.89. The maximum atomic E-state index is 12.5. The first-order valence-electron chi connectivity index (χ1n) is 7.80. The Labute approximate surface area is 136 Å². The molecule has 0 aliphatic heterocycles. The van der Waals surface area contributed by atoms with Gasteiger partial charge in [-0.1, -0.05) is 19.3 Å². The van der Waals surface area contributed by atoms with Gasteiger partial charge < -0.3 is 14.8 Å². The Morgan fingerprint density at radius 1 is 1.38 bits per heavy atom. The molecule has 0 spiro atoms. The minimum absolute atomic E-state index is 0.0225. The first-order chi connectivity index (χ1) is 9.98. The summed E-state index contributed by atoms with van der Waals surface area (Å²) in [4.78, 5) is 14.8. The normalized spacial score (nSPS) is 18.0. The molecule has 2 rings (SSSR count). The fourth-order valence-electron chi connectivity index (χ4n) is 3.25. The molecule has 0 unspecified atom stereocenters. The van der Waals surface area contributed by atoms with E-state index in [1.54, 1.807) is 0 Å². The smallest absolute Gasteiger partial charge is 0.268 e. The van der Waals surface area contributed by atoms with Crippen LogP contribution in [-0.2, 0) is 6.54 Å². The van der Waals surface area contributed by atoms with E-state index in [9.17, 15) is 4.79 Å². The standard InChI is InChI=1S/C16H26BrN3O/c1-4-20-11-13(17)10-14(20)15(21)18-12-16(19(2)3)8-6-5-7-9-16/h10-11H,4-9,12H2,1-3H3,(H,18,21). The summed E-state index contributed by atoms with van der Waals surface area (Å²) in [5.74, 6) is 0.0225. The number of hydrogen-bond acceptors (Lipinski definition) is 2. The Bertz CT molecular complexity index is 490. The molecule has 118 valence electrons. The highest BCUT2D eigenvalue weighted by molar-refractivity contribution is 9.10. The maximum absolute atomic E-state index is 12.5. The third-order valence-corrected chi connectivity index (χ3v) is 5.18. The number of aromatic nitrogens is 1. The van der Waals surface area contributed by atoms with E-state index < -0.39 is 0 Å². The molecule has 1 fully saturated rings. The molecule has 1 aliphatic rings. The zero-order valence-corrected chi connectivity index (χ0v) is 14.9. The Balaban J connectivity index is 2.05. The molecule has 5 heteroatoms. The van der Waals surface area contributed by atoms with Gasteiger partial charge >= 0.3 is 0 Å². The average Bonchev–Trinajstić information content (AvgIpc) is 2.86. The number of halogens is 1. The van der Waals surface area contributed by atoms with Crippen LogP contribution in [0.1, 0.15) is 49.5 Å². The van der Waals surface area contributed by atoms with E-state index in [2.05, 4.69) is 40.2 Å². The van der Waals surface area contributed by atoms with Crippen LogP contribution in [0.5, 0.6) is 0 Å². The van der Waals surface area contributed by atoms with Crippen LogP contribution in [0.2, 0.25) is 0 Å². The topological polar surface area (TPSA) is 37.3 Å². The highest BCUT2D eigenvalue weighted by Crippen LogP contribution is 2.31. The Hall–Kier alpha value is -0.810. The number of amides is 1. The van der Waals surface area contributed by atoms with E-state index in [1.807, 2.05) is 23.8 Å². The molecule has 1 aromatic rings. The van der Waals surface area contributed by atoms with E-state index in [1.165, 1.54) is 32.1 Å². The molecule has 1 aromatic heterocycles. The summed E-state index contributed by atoms with van der Waals surface area (Å²) in [5, 5.41) is 3.16. The van der Waals surface area contributed by atoms with E-state index in [0.717, 1.165) is 23.3 Å². The van der Waals surface area contributed by atoms with Crippen molar-refractivity contribution in [1.29, 1.82) is 0 Å². The highest BCUT2D eigenvalue weighted by Gasteiger charge is 2.34. The van der Waals surface area contributed by atoms with Gasteiger partial charge in [0.1, 0.15) is 5.69 Å². The van der Waals surface area contributed by atoms with Crippen LogP contribution in [-0.4, -0.2) is 41.6 Å². The molecule has 1 heterocycles. The Morgan fingerprint density at radius 3 is 2.62 bits per heavy atom. The third-order valence-electron chi connectivity index (χ3n) is 4.75. The molecular formula is C16H26BrN3O. The van der Waals surface area contributed by atoms with Gasteiger partial charge in [0.2, 0.25) is 0 Å². The fraction of sp³-hybridized carbons (Fsp3) is 0.688. The third kappa shape index (κ3) is 3.69. The van der Waals surface area contributed by atoms with Crippen molar-refractivity contribution in [2.24, 2.45) is 0 Å². The van der Waals surface area contributed by atoms with Crippen LogP contribution in [0, 0.1) is 0 Å². The predicted molar refractivity (Wildman–Crippen MR) is 89.6 cm³/mol. The van der Waals surface area contributed by atoms with Crippen molar-refractivity contribution >= 4 is 21.8 Å². The first kappa shape index (κ1) is 16.6. The number of nitrogens with zero attached hydrogens (tertiary/aromatic N) is 2. The van der Waals surface area contributed by atoms with Crippen molar-refractivity contribution in [2.75, 3.05) is 20.6 Å².